The van der Waals surface area contributed by atoms with Gasteiger partial charge in [0.05, 0.1) is 23.8 Å². The van der Waals surface area contributed by atoms with Gasteiger partial charge in [0, 0.05) is 43.5 Å². The predicted molar refractivity (Wildman–Crippen MR) is 124 cm³/mol. The number of carbonyl (C=O) groups excluding carboxylic acids is 1. The number of aryl methyl sites for hydroxylation is 2. The third-order valence-electron chi connectivity index (χ3n) is 6.36. The molecule has 1 aliphatic heterocycles. The molecular weight excluding hydrogens is 404 g/mol. The molecule has 3 aromatic heterocycles. The molecule has 166 valence electrons. The van der Waals surface area contributed by atoms with Gasteiger partial charge in [0.25, 0.3) is 5.91 Å². The van der Waals surface area contributed by atoms with Gasteiger partial charge in [0.15, 0.2) is 0 Å². The topological polar surface area (TPSA) is 90.7 Å². The van der Waals surface area contributed by atoms with Gasteiger partial charge in [0.1, 0.15) is 17.1 Å². The number of aromatic nitrogens is 4. The highest BCUT2D eigenvalue weighted by Crippen LogP contribution is 2.34. The molecule has 4 heterocycles. The van der Waals surface area contributed by atoms with Crippen LogP contribution in [0.5, 0.6) is 5.75 Å². The number of imidazole rings is 1. The van der Waals surface area contributed by atoms with Crippen LogP contribution >= 0.6 is 0 Å². The molecule has 8 heteroatoms. The summed E-state index contributed by atoms with van der Waals surface area (Å²) in [4.78, 5) is 20.0. The first-order valence-corrected chi connectivity index (χ1v) is 11.1. The molecule has 0 unspecified atom stereocenters. The van der Waals surface area contributed by atoms with Gasteiger partial charge in [-0.25, -0.2) is 9.50 Å². The molecule has 5 rings (SSSR count). The van der Waals surface area contributed by atoms with Gasteiger partial charge in [-0.15, -0.1) is 0 Å². The first-order valence-electron chi connectivity index (χ1n) is 11.1. The van der Waals surface area contributed by atoms with Crippen molar-refractivity contribution in [2.75, 3.05) is 20.2 Å². The molecule has 4 aromatic rings. The van der Waals surface area contributed by atoms with E-state index in [-0.39, 0.29) is 11.9 Å². The second-order valence-electron chi connectivity index (χ2n) is 8.41. The zero-order chi connectivity index (χ0) is 22.4. The van der Waals surface area contributed by atoms with Crippen molar-refractivity contribution in [3.05, 3.63) is 47.8 Å². The number of hydrogen-bond donors (Lipinski definition) is 1. The van der Waals surface area contributed by atoms with Crippen molar-refractivity contribution in [2.45, 2.75) is 32.2 Å². The quantitative estimate of drug-likeness (QED) is 0.535. The van der Waals surface area contributed by atoms with Crippen molar-refractivity contribution < 1.29 is 9.53 Å². The van der Waals surface area contributed by atoms with Crippen molar-refractivity contribution in [1.82, 2.24) is 24.1 Å². The summed E-state index contributed by atoms with van der Waals surface area (Å²) in [6, 6.07) is 9.80. The molecule has 0 saturated carbocycles. The summed E-state index contributed by atoms with van der Waals surface area (Å²) in [5, 5.41) is 4.51. The molecule has 0 bridgehead atoms. The van der Waals surface area contributed by atoms with Crippen LogP contribution in [0.4, 0.5) is 0 Å². The van der Waals surface area contributed by atoms with E-state index in [1.165, 1.54) is 0 Å². The summed E-state index contributed by atoms with van der Waals surface area (Å²) in [6.45, 7) is 3.42. The van der Waals surface area contributed by atoms with E-state index in [1.807, 2.05) is 45.3 Å². The van der Waals surface area contributed by atoms with Crippen molar-refractivity contribution in [2.24, 2.45) is 12.8 Å². The van der Waals surface area contributed by atoms with Gasteiger partial charge in [-0.05, 0) is 49.6 Å². The van der Waals surface area contributed by atoms with Crippen LogP contribution in [0, 0.1) is 0 Å². The highest BCUT2D eigenvalue weighted by atomic mass is 16.5. The Morgan fingerprint density at radius 2 is 2.16 bits per heavy atom. The fourth-order valence-corrected chi connectivity index (χ4v) is 4.81. The molecule has 32 heavy (non-hydrogen) atoms. The molecule has 0 radical (unpaired) electrons. The summed E-state index contributed by atoms with van der Waals surface area (Å²) < 4.78 is 9.69. The molecule has 1 fully saturated rings. The van der Waals surface area contributed by atoms with Gasteiger partial charge < -0.3 is 19.9 Å². The lowest BCUT2D eigenvalue weighted by molar-refractivity contribution is 0.0708. The minimum atomic E-state index is -0.0272. The molecule has 0 spiro atoms. The Morgan fingerprint density at radius 3 is 2.91 bits per heavy atom. The number of methoxy groups -OCH3 is 1. The van der Waals surface area contributed by atoms with Crippen molar-refractivity contribution in [1.29, 1.82) is 0 Å². The predicted octanol–water partition coefficient (Wildman–Crippen LogP) is 3.02. The van der Waals surface area contributed by atoms with Crippen LogP contribution in [-0.4, -0.2) is 56.2 Å². The minimum absolute atomic E-state index is 0.0272. The van der Waals surface area contributed by atoms with E-state index in [9.17, 15) is 4.79 Å². The number of fused-ring (bicyclic) bond motifs is 2. The number of piperidine rings is 1. The first kappa shape index (κ1) is 20.5. The monoisotopic (exact) mass is 432 g/mol. The second kappa shape index (κ2) is 7.94. The van der Waals surface area contributed by atoms with E-state index in [0.717, 1.165) is 59.4 Å². The minimum Gasteiger partial charge on any atom is -0.494 e. The number of amides is 1. The van der Waals surface area contributed by atoms with Crippen molar-refractivity contribution in [3.8, 4) is 17.1 Å². The van der Waals surface area contributed by atoms with Crippen LogP contribution < -0.4 is 10.5 Å². The number of nitrogens with two attached hydrogens (primary N) is 1. The maximum absolute atomic E-state index is 13.2. The van der Waals surface area contributed by atoms with E-state index in [0.29, 0.717) is 17.9 Å². The van der Waals surface area contributed by atoms with Crippen LogP contribution in [0.2, 0.25) is 0 Å². The molecule has 2 N–H and O–H groups in total. The number of benzene rings is 1. The summed E-state index contributed by atoms with van der Waals surface area (Å²) >= 11 is 0. The average molecular weight is 433 g/mol. The van der Waals surface area contributed by atoms with Crippen LogP contribution in [0.3, 0.4) is 0 Å². The summed E-state index contributed by atoms with van der Waals surface area (Å²) in [5.74, 6) is 1.43. The fraction of sp³-hybridized carbons (Fsp3) is 0.375. The Bertz CT molecular complexity index is 1320. The lowest BCUT2D eigenvalue weighted by atomic mass is 10.0. The van der Waals surface area contributed by atoms with Gasteiger partial charge in [0.2, 0.25) is 0 Å². The zero-order valence-electron chi connectivity index (χ0n) is 18.7. The van der Waals surface area contributed by atoms with Crippen molar-refractivity contribution >= 4 is 22.5 Å². The smallest absolute Gasteiger partial charge is 0.254 e. The van der Waals surface area contributed by atoms with Gasteiger partial charge in [-0.3, -0.25) is 4.79 Å². The Labute approximate surface area is 186 Å². The van der Waals surface area contributed by atoms with E-state index >= 15 is 0 Å². The van der Waals surface area contributed by atoms with Crippen LogP contribution in [-0.2, 0) is 13.5 Å². The molecule has 1 aliphatic rings. The van der Waals surface area contributed by atoms with Crippen molar-refractivity contribution in [3.63, 3.8) is 0 Å². The SMILES string of the molecule is CCc1c(-c2nc3cc(C(=O)N4CCC[C@@H](N)C4)cc(OC)c3n2C)cc2cccnn12. The normalized spacial score (nSPS) is 16.8. The second-order valence-corrected chi connectivity index (χ2v) is 8.41. The summed E-state index contributed by atoms with van der Waals surface area (Å²) in [7, 11) is 3.61. The van der Waals surface area contributed by atoms with Gasteiger partial charge in [-0.2, -0.15) is 5.10 Å². The van der Waals surface area contributed by atoms with Crippen LogP contribution in [0.15, 0.2) is 36.5 Å². The number of likely N-dealkylation sites (tertiary alicyclic amines) is 1. The number of rotatable bonds is 4. The molecule has 1 amide bonds. The van der Waals surface area contributed by atoms with Gasteiger partial charge >= 0.3 is 0 Å². The van der Waals surface area contributed by atoms with Crippen LogP contribution in [0.25, 0.3) is 27.9 Å². The Balaban J connectivity index is 1.64. The Kier molecular flexibility index (Phi) is 5.09. The van der Waals surface area contributed by atoms with E-state index < -0.39 is 0 Å². The average Bonchev–Trinajstić information content (AvgIpc) is 3.35. The highest BCUT2D eigenvalue weighted by Gasteiger charge is 2.25. The zero-order valence-corrected chi connectivity index (χ0v) is 18.7. The van der Waals surface area contributed by atoms with Gasteiger partial charge in [-0.1, -0.05) is 6.92 Å². The number of carbonyl (C=O) groups is 1. The standard InChI is InChI=1S/C24H28N6O2/c1-4-20-18(13-17-8-5-9-26-30(17)20)23-27-19-11-15(12-21(32-3)22(19)28(23)2)24(31)29-10-6-7-16(25)14-29/h5,8-9,11-13,16H,4,6-7,10,14,25H2,1-3H3/t16-/m1/s1. The fourth-order valence-electron chi connectivity index (χ4n) is 4.81. The number of nitrogens with zero attached hydrogens (tertiary/aromatic N) is 5. The lowest BCUT2D eigenvalue weighted by Gasteiger charge is -2.30. The maximum atomic E-state index is 13.2. The number of ether oxygens (including phenoxy) is 1. The maximum Gasteiger partial charge on any atom is 0.254 e. The third-order valence-corrected chi connectivity index (χ3v) is 6.36. The molecule has 1 atom stereocenters. The van der Waals surface area contributed by atoms with E-state index in [2.05, 4.69) is 18.1 Å². The molecular formula is C24H28N6O2. The molecule has 1 saturated heterocycles. The van der Waals surface area contributed by atoms with E-state index in [1.54, 1.807) is 13.3 Å². The first-order chi connectivity index (χ1) is 15.5. The molecule has 1 aromatic carbocycles. The highest BCUT2D eigenvalue weighted by molar-refractivity contribution is 6.00. The third kappa shape index (κ3) is 3.22. The number of hydrogen-bond acceptors (Lipinski definition) is 5. The summed E-state index contributed by atoms with van der Waals surface area (Å²) in [6.07, 6.45) is 4.49. The Hall–Kier alpha value is -3.39. The molecule has 0 aliphatic carbocycles. The largest absolute Gasteiger partial charge is 0.494 e. The molecule has 8 nitrogen and oxygen atoms in total. The van der Waals surface area contributed by atoms with Crippen LogP contribution in [0.1, 0.15) is 35.8 Å². The summed E-state index contributed by atoms with van der Waals surface area (Å²) in [5.41, 5.74) is 11.4. The van der Waals surface area contributed by atoms with E-state index in [4.69, 9.17) is 15.5 Å². The Morgan fingerprint density at radius 1 is 1.31 bits per heavy atom. The lowest BCUT2D eigenvalue weighted by Crippen LogP contribution is -2.45.